The maximum Gasteiger partial charge on any atom is 0.123 e. The van der Waals surface area contributed by atoms with Crippen LogP contribution < -0.4 is 5.32 Å². The monoisotopic (exact) mass is 249 g/mol. The van der Waals surface area contributed by atoms with Crippen LogP contribution in [0.2, 0.25) is 0 Å². The summed E-state index contributed by atoms with van der Waals surface area (Å²) in [5.41, 5.74) is 3.19. The Balaban J connectivity index is 2.82. The molecule has 0 bridgehead atoms. The molecular formula is C16H24FN. The molecule has 0 saturated heterocycles. The summed E-state index contributed by atoms with van der Waals surface area (Å²) in [5.74, 6) is -0.149. The molecule has 0 heterocycles. The van der Waals surface area contributed by atoms with Crippen LogP contribution in [0.3, 0.4) is 0 Å². The normalized spacial score (nSPS) is 12.4. The molecule has 0 aromatic heterocycles. The van der Waals surface area contributed by atoms with Crippen LogP contribution in [-0.2, 0) is 0 Å². The molecule has 0 amide bonds. The number of allylic oxidation sites excluding steroid dienone is 1. The van der Waals surface area contributed by atoms with Gasteiger partial charge in [0, 0.05) is 6.04 Å². The highest BCUT2D eigenvalue weighted by Crippen LogP contribution is 2.22. The van der Waals surface area contributed by atoms with Crippen molar-refractivity contribution < 1.29 is 4.39 Å². The van der Waals surface area contributed by atoms with Crippen LogP contribution in [0, 0.1) is 12.7 Å². The molecule has 0 radical (unpaired) electrons. The first-order chi connectivity index (χ1) is 8.52. The van der Waals surface area contributed by atoms with E-state index >= 15 is 0 Å². The molecule has 100 valence electrons. The van der Waals surface area contributed by atoms with Crippen LogP contribution in [0.4, 0.5) is 4.39 Å². The van der Waals surface area contributed by atoms with E-state index in [4.69, 9.17) is 0 Å². The standard InChI is InChI=1S/C16H24FN/c1-5-8-18-16(7-6-12(2)3)14-9-13(4)10-15(17)11-14/h9-11,16,18H,2,5-8H2,1,3-4H3. The van der Waals surface area contributed by atoms with Crippen LogP contribution >= 0.6 is 0 Å². The van der Waals surface area contributed by atoms with Crippen LogP contribution in [-0.4, -0.2) is 6.54 Å². The van der Waals surface area contributed by atoms with Gasteiger partial charge in [0.05, 0.1) is 0 Å². The number of aryl methyl sites for hydroxylation is 1. The third-order valence-electron chi connectivity index (χ3n) is 2.97. The van der Waals surface area contributed by atoms with Crippen molar-refractivity contribution in [3.8, 4) is 0 Å². The minimum atomic E-state index is -0.149. The molecule has 1 unspecified atom stereocenters. The number of nitrogens with one attached hydrogen (secondary N) is 1. The molecule has 0 spiro atoms. The number of hydrogen-bond acceptors (Lipinski definition) is 1. The molecule has 1 atom stereocenters. The molecule has 2 heteroatoms. The quantitative estimate of drug-likeness (QED) is 0.700. The Bertz CT molecular complexity index is 378. The molecule has 1 aromatic carbocycles. The van der Waals surface area contributed by atoms with E-state index in [-0.39, 0.29) is 11.9 Å². The van der Waals surface area contributed by atoms with Gasteiger partial charge in [0.25, 0.3) is 0 Å². The largest absolute Gasteiger partial charge is 0.310 e. The molecule has 0 aliphatic heterocycles. The van der Waals surface area contributed by atoms with Gasteiger partial charge < -0.3 is 5.32 Å². The van der Waals surface area contributed by atoms with E-state index in [1.165, 1.54) is 5.57 Å². The molecule has 1 rings (SSSR count). The average Bonchev–Trinajstić information content (AvgIpc) is 2.27. The van der Waals surface area contributed by atoms with Crippen molar-refractivity contribution in [2.24, 2.45) is 0 Å². The molecule has 1 nitrogen and oxygen atoms in total. The highest BCUT2D eigenvalue weighted by molar-refractivity contribution is 5.26. The van der Waals surface area contributed by atoms with Crippen molar-refractivity contribution in [1.29, 1.82) is 0 Å². The molecular weight excluding hydrogens is 225 g/mol. The number of halogens is 1. The SMILES string of the molecule is C=C(C)CCC(NCCC)c1cc(C)cc(F)c1. The second-order valence-corrected chi connectivity index (χ2v) is 5.06. The Kier molecular flexibility index (Phi) is 6.06. The smallest absolute Gasteiger partial charge is 0.123 e. The summed E-state index contributed by atoms with van der Waals surface area (Å²) in [4.78, 5) is 0. The Labute approximate surface area is 110 Å². The van der Waals surface area contributed by atoms with E-state index in [1.807, 2.05) is 13.8 Å². The van der Waals surface area contributed by atoms with Crippen molar-refractivity contribution >= 4 is 0 Å². The number of benzene rings is 1. The van der Waals surface area contributed by atoms with E-state index in [0.717, 1.165) is 36.9 Å². The average molecular weight is 249 g/mol. The summed E-state index contributed by atoms with van der Waals surface area (Å²) in [6, 6.07) is 5.49. The summed E-state index contributed by atoms with van der Waals surface area (Å²) >= 11 is 0. The van der Waals surface area contributed by atoms with Gasteiger partial charge in [-0.1, -0.05) is 18.6 Å². The fraction of sp³-hybridized carbons (Fsp3) is 0.500. The van der Waals surface area contributed by atoms with E-state index in [9.17, 15) is 4.39 Å². The van der Waals surface area contributed by atoms with Gasteiger partial charge in [-0.2, -0.15) is 0 Å². The van der Waals surface area contributed by atoms with E-state index in [0.29, 0.717) is 0 Å². The summed E-state index contributed by atoms with van der Waals surface area (Å²) in [7, 11) is 0. The van der Waals surface area contributed by atoms with E-state index < -0.39 is 0 Å². The van der Waals surface area contributed by atoms with Gasteiger partial charge >= 0.3 is 0 Å². The molecule has 1 N–H and O–H groups in total. The van der Waals surface area contributed by atoms with Crippen molar-refractivity contribution in [3.63, 3.8) is 0 Å². The fourth-order valence-corrected chi connectivity index (χ4v) is 2.06. The third kappa shape index (κ3) is 5.01. The van der Waals surface area contributed by atoms with Gasteiger partial charge in [-0.3, -0.25) is 0 Å². The fourth-order valence-electron chi connectivity index (χ4n) is 2.06. The Hall–Kier alpha value is -1.15. The summed E-state index contributed by atoms with van der Waals surface area (Å²) in [5, 5.41) is 3.49. The lowest BCUT2D eigenvalue weighted by Gasteiger charge is -2.19. The van der Waals surface area contributed by atoms with Crippen molar-refractivity contribution in [3.05, 3.63) is 47.3 Å². The lowest BCUT2D eigenvalue weighted by Crippen LogP contribution is -2.22. The van der Waals surface area contributed by atoms with Crippen LogP contribution in [0.25, 0.3) is 0 Å². The Morgan fingerprint density at radius 3 is 2.67 bits per heavy atom. The molecule has 0 aliphatic rings. The molecule has 0 saturated carbocycles. The minimum Gasteiger partial charge on any atom is -0.310 e. The Morgan fingerprint density at radius 1 is 1.39 bits per heavy atom. The van der Waals surface area contributed by atoms with Gasteiger partial charge in [-0.25, -0.2) is 4.39 Å². The zero-order chi connectivity index (χ0) is 13.5. The summed E-state index contributed by atoms with van der Waals surface area (Å²) in [6.45, 7) is 11.0. The van der Waals surface area contributed by atoms with Gasteiger partial charge in [-0.05, 0) is 62.9 Å². The summed E-state index contributed by atoms with van der Waals surface area (Å²) in [6.07, 6.45) is 3.02. The molecule has 0 fully saturated rings. The number of hydrogen-bond donors (Lipinski definition) is 1. The van der Waals surface area contributed by atoms with Crippen molar-refractivity contribution in [2.45, 2.75) is 46.1 Å². The van der Waals surface area contributed by atoms with Crippen molar-refractivity contribution in [1.82, 2.24) is 5.32 Å². The second-order valence-electron chi connectivity index (χ2n) is 5.06. The first-order valence-corrected chi connectivity index (χ1v) is 6.67. The molecule has 1 aromatic rings. The van der Waals surface area contributed by atoms with Crippen LogP contribution in [0.5, 0.6) is 0 Å². The predicted molar refractivity (Wildman–Crippen MR) is 76.2 cm³/mol. The summed E-state index contributed by atoms with van der Waals surface area (Å²) < 4.78 is 13.5. The predicted octanol–water partition coefficient (Wildman–Crippen LogP) is 4.53. The van der Waals surface area contributed by atoms with E-state index in [1.54, 1.807) is 12.1 Å². The maximum atomic E-state index is 13.5. The van der Waals surface area contributed by atoms with Gasteiger partial charge in [0.1, 0.15) is 5.82 Å². The first-order valence-electron chi connectivity index (χ1n) is 6.67. The van der Waals surface area contributed by atoms with Gasteiger partial charge in [0.2, 0.25) is 0 Å². The Morgan fingerprint density at radius 2 is 2.11 bits per heavy atom. The van der Waals surface area contributed by atoms with Crippen LogP contribution in [0.1, 0.15) is 50.3 Å². The van der Waals surface area contributed by atoms with E-state index in [2.05, 4.69) is 24.9 Å². The lowest BCUT2D eigenvalue weighted by molar-refractivity contribution is 0.495. The van der Waals surface area contributed by atoms with Crippen LogP contribution in [0.15, 0.2) is 30.4 Å². The van der Waals surface area contributed by atoms with Gasteiger partial charge in [-0.15, -0.1) is 6.58 Å². The number of rotatable bonds is 7. The highest BCUT2D eigenvalue weighted by atomic mass is 19.1. The highest BCUT2D eigenvalue weighted by Gasteiger charge is 2.12. The van der Waals surface area contributed by atoms with Crippen molar-refractivity contribution in [2.75, 3.05) is 6.54 Å². The van der Waals surface area contributed by atoms with Gasteiger partial charge in [0.15, 0.2) is 0 Å². The first kappa shape index (κ1) is 14.9. The molecule has 0 aliphatic carbocycles. The lowest BCUT2D eigenvalue weighted by atomic mass is 9.98. The maximum absolute atomic E-state index is 13.5. The zero-order valence-electron chi connectivity index (χ0n) is 11.7. The topological polar surface area (TPSA) is 12.0 Å². The minimum absolute atomic E-state index is 0.149. The molecule has 18 heavy (non-hydrogen) atoms. The second kappa shape index (κ2) is 7.32. The third-order valence-corrected chi connectivity index (χ3v) is 2.97. The zero-order valence-corrected chi connectivity index (χ0v) is 11.7.